The summed E-state index contributed by atoms with van der Waals surface area (Å²) in [6.07, 6.45) is 3.61. The minimum absolute atomic E-state index is 0.710. The predicted octanol–water partition coefficient (Wildman–Crippen LogP) is 2.84. The number of benzene rings is 1. The van der Waals surface area contributed by atoms with Gasteiger partial charge in [0, 0.05) is 19.1 Å². The topological polar surface area (TPSA) is 24.5 Å². The lowest BCUT2D eigenvalue weighted by molar-refractivity contribution is 0.207. The van der Waals surface area contributed by atoms with Crippen molar-refractivity contribution < 1.29 is 4.74 Å². The van der Waals surface area contributed by atoms with Crippen molar-refractivity contribution in [1.29, 1.82) is 0 Å². The molecule has 1 saturated heterocycles. The zero-order chi connectivity index (χ0) is 14.2. The summed E-state index contributed by atoms with van der Waals surface area (Å²) in [6.45, 7) is 9.93. The SMILES string of the molecule is Cc1ccccc1OCCCCN1CCNCCC1C. The smallest absolute Gasteiger partial charge is 0.122 e. The second kappa shape index (κ2) is 8.28. The summed E-state index contributed by atoms with van der Waals surface area (Å²) in [6, 6.07) is 8.95. The van der Waals surface area contributed by atoms with E-state index in [-0.39, 0.29) is 0 Å². The van der Waals surface area contributed by atoms with Gasteiger partial charge in [-0.15, -0.1) is 0 Å². The fourth-order valence-corrected chi connectivity index (χ4v) is 2.71. The highest BCUT2D eigenvalue weighted by Gasteiger charge is 2.15. The average Bonchev–Trinajstić information content (AvgIpc) is 2.65. The zero-order valence-electron chi connectivity index (χ0n) is 12.9. The Hall–Kier alpha value is -1.06. The Kier molecular flexibility index (Phi) is 6.34. The molecule has 0 spiro atoms. The van der Waals surface area contributed by atoms with Gasteiger partial charge in [-0.3, -0.25) is 4.90 Å². The number of unbranched alkanes of at least 4 members (excludes halogenated alkanes) is 1. The Bertz CT molecular complexity index is 394. The van der Waals surface area contributed by atoms with Crippen LogP contribution < -0.4 is 10.1 Å². The van der Waals surface area contributed by atoms with E-state index in [9.17, 15) is 0 Å². The van der Waals surface area contributed by atoms with Gasteiger partial charge in [0.25, 0.3) is 0 Å². The lowest BCUT2D eigenvalue weighted by Gasteiger charge is -2.26. The van der Waals surface area contributed by atoms with E-state index in [1.807, 2.05) is 6.07 Å². The highest BCUT2D eigenvalue weighted by Crippen LogP contribution is 2.16. The molecule has 0 radical (unpaired) electrons. The molecule has 1 aliphatic heterocycles. The first-order valence-corrected chi connectivity index (χ1v) is 7.90. The fraction of sp³-hybridized carbons (Fsp3) is 0.647. The third-order valence-electron chi connectivity index (χ3n) is 4.13. The van der Waals surface area contributed by atoms with Crippen LogP contribution in [-0.2, 0) is 0 Å². The molecule has 0 bridgehead atoms. The second-order valence-corrected chi connectivity index (χ2v) is 5.74. The molecule has 0 saturated carbocycles. The van der Waals surface area contributed by atoms with Crippen LogP contribution in [0.25, 0.3) is 0 Å². The average molecular weight is 276 g/mol. The van der Waals surface area contributed by atoms with Crippen LogP contribution in [0, 0.1) is 6.92 Å². The first kappa shape index (κ1) is 15.3. The van der Waals surface area contributed by atoms with Crippen molar-refractivity contribution in [3.05, 3.63) is 29.8 Å². The lowest BCUT2D eigenvalue weighted by Crippen LogP contribution is -2.35. The molecule has 0 aliphatic carbocycles. The Labute approximate surface area is 123 Å². The molecule has 3 heteroatoms. The summed E-state index contributed by atoms with van der Waals surface area (Å²) in [5.74, 6) is 1.03. The summed E-state index contributed by atoms with van der Waals surface area (Å²) in [7, 11) is 0. The number of ether oxygens (including phenoxy) is 1. The highest BCUT2D eigenvalue weighted by molar-refractivity contribution is 5.31. The molecule has 112 valence electrons. The number of hydrogen-bond acceptors (Lipinski definition) is 3. The standard InChI is InChI=1S/C17H28N2O/c1-15-7-3-4-8-17(15)20-14-6-5-12-19-13-11-18-10-9-16(19)2/h3-4,7-8,16,18H,5-6,9-14H2,1-2H3. The molecule has 1 aliphatic rings. The number of aryl methyl sites for hydroxylation is 1. The maximum Gasteiger partial charge on any atom is 0.122 e. The van der Waals surface area contributed by atoms with Crippen molar-refractivity contribution in [2.75, 3.05) is 32.8 Å². The largest absolute Gasteiger partial charge is 0.493 e. The van der Waals surface area contributed by atoms with E-state index in [0.29, 0.717) is 6.04 Å². The predicted molar refractivity (Wildman–Crippen MR) is 84.4 cm³/mol. The van der Waals surface area contributed by atoms with Crippen LogP contribution in [0.5, 0.6) is 5.75 Å². The summed E-state index contributed by atoms with van der Waals surface area (Å²) in [5.41, 5.74) is 1.22. The van der Waals surface area contributed by atoms with Gasteiger partial charge in [-0.2, -0.15) is 0 Å². The van der Waals surface area contributed by atoms with Crippen LogP contribution >= 0.6 is 0 Å². The van der Waals surface area contributed by atoms with Crippen LogP contribution in [0.2, 0.25) is 0 Å². The molecule has 1 atom stereocenters. The Morgan fingerprint density at radius 2 is 2.10 bits per heavy atom. The van der Waals surface area contributed by atoms with Crippen molar-refractivity contribution in [3.8, 4) is 5.75 Å². The van der Waals surface area contributed by atoms with E-state index < -0.39 is 0 Å². The lowest BCUT2D eigenvalue weighted by atomic mass is 10.2. The first-order valence-electron chi connectivity index (χ1n) is 7.90. The van der Waals surface area contributed by atoms with E-state index in [1.54, 1.807) is 0 Å². The minimum atomic E-state index is 0.710. The number of nitrogens with zero attached hydrogens (tertiary/aromatic N) is 1. The normalized spacial score (nSPS) is 20.6. The van der Waals surface area contributed by atoms with Crippen molar-refractivity contribution in [2.45, 2.75) is 39.2 Å². The molecule has 1 unspecified atom stereocenters. The van der Waals surface area contributed by atoms with Crippen molar-refractivity contribution in [2.24, 2.45) is 0 Å². The van der Waals surface area contributed by atoms with E-state index in [1.165, 1.54) is 31.5 Å². The van der Waals surface area contributed by atoms with Gasteiger partial charge in [-0.05, 0) is 57.8 Å². The molecule has 1 N–H and O–H groups in total. The molecule has 0 aromatic heterocycles. The Morgan fingerprint density at radius 1 is 1.25 bits per heavy atom. The maximum absolute atomic E-state index is 5.85. The van der Waals surface area contributed by atoms with E-state index in [2.05, 4.69) is 42.3 Å². The molecule has 1 aromatic rings. The van der Waals surface area contributed by atoms with E-state index in [4.69, 9.17) is 4.74 Å². The number of para-hydroxylation sites is 1. The molecule has 20 heavy (non-hydrogen) atoms. The van der Waals surface area contributed by atoms with Crippen molar-refractivity contribution in [1.82, 2.24) is 10.2 Å². The fourth-order valence-electron chi connectivity index (χ4n) is 2.71. The van der Waals surface area contributed by atoms with Crippen LogP contribution in [0.3, 0.4) is 0 Å². The summed E-state index contributed by atoms with van der Waals surface area (Å²) in [5, 5.41) is 3.47. The Morgan fingerprint density at radius 3 is 2.95 bits per heavy atom. The van der Waals surface area contributed by atoms with Gasteiger partial charge in [-0.25, -0.2) is 0 Å². The molecular weight excluding hydrogens is 248 g/mol. The third-order valence-corrected chi connectivity index (χ3v) is 4.13. The number of rotatable bonds is 6. The van der Waals surface area contributed by atoms with Gasteiger partial charge in [-0.1, -0.05) is 18.2 Å². The Balaban J connectivity index is 1.62. The summed E-state index contributed by atoms with van der Waals surface area (Å²) >= 11 is 0. The molecule has 0 amide bonds. The van der Waals surface area contributed by atoms with Gasteiger partial charge in [0.15, 0.2) is 0 Å². The van der Waals surface area contributed by atoms with Crippen LogP contribution in [0.1, 0.15) is 31.7 Å². The number of nitrogens with one attached hydrogen (secondary N) is 1. The van der Waals surface area contributed by atoms with Crippen LogP contribution in [-0.4, -0.2) is 43.7 Å². The quantitative estimate of drug-likeness (QED) is 0.809. The van der Waals surface area contributed by atoms with Crippen molar-refractivity contribution >= 4 is 0 Å². The molecule has 1 aromatic carbocycles. The maximum atomic E-state index is 5.85. The molecule has 3 nitrogen and oxygen atoms in total. The van der Waals surface area contributed by atoms with E-state index in [0.717, 1.165) is 31.9 Å². The van der Waals surface area contributed by atoms with Crippen LogP contribution in [0.15, 0.2) is 24.3 Å². The van der Waals surface area contributed by atoms with Crippen LogP contribution in [0.4, 0.5) is 0 Å². The first-order chi connectivity index (χ1) is 9.77. The molecular formula is C17H28N2O. The monoisotopic (exact) mass is 276 g/mol. The van der Waals surface area contributed by atoms with Gasteiger partial charge in [0.2, 0.25) is 0 Å². The van der Waals surface area contributed by atoms with Gasteiger partial charge in [0.05, 0.1) is 6.61 Å². The van der Waals surface area contributed by atoms with E-state index >= 15 is 0 Å². The number of hydrogen-bond donors (Lipinski definition) is 1. The molecule has 2 rings (SSSR count). The summed E-state index contributed by atoms with van der Waals surface area (Å²) < 4.78 is 5.85. The van der Waals surface area contributed by atoms with Gasteiger partial charge < -0.3 is 10.1 Å². The highest BCUT2D eigenvalue weighted by atomic mass is 16.5. The molecule has 1 fully saturated rings. The summed E-state index contributed by atoms with van der Waals surface area (Å²) in [4.78, 5) is 2.60. The van der Waals surface area contributed by atoms with Gasteiger partial charge in [0.1, 0.15) is 5.75 Å². The third kappa shape index (κ3) is 4.80. The van der Waals surface area contributed by atoms with Gasteiger partial charge >= 0.3 is 0 Å². The second-order valence-electron chi connectivity index (χ2n) is 5.74. The molecule has 1 heterocycles. The minimum Gasteiger partial charge on any atom is -0.493 e. The zero-order valence-corrected chi connectivity index (χ0v) is 12.9. The van der Waals surface area contributed by atoms with Crippen molar-refractivity contribution in [3.63, 3.8) is 0 Å².